The van der Waals surface area contributed by atoms with E-state index in [1.165, 1.54) is 11.1 Å². The van der Waals surface area contributed by atoms with Gasteiger partial charge in [0.15, 0.2) is 0 Å². The average Bonchev–Trinajstić information content (AvgIpc) is 2.29. The molecule has 0 atom stereocenters. The van der Waals surface area contributed by atoms with Crippen molar-refractivity contribution in [3.05, 3.63) is 34.3 Å². The van der Waals surface area contributed by atoms with E-state index in [0.29, 0.717) is 6.04 Å². The summed E-state index contributed by atoms with van der Waals surface area (Å²) in [5, 5.41) is 4.39. The van der Waals surface area contributed by atoms with Crippen LogP contribution in [0.15, 0.2) is 18.2 Å². The van der Waals surface area contributed by atoms with Gasteiger partial charge in [0.05, 0.1) is 0 Å². The normalized spacial score (nSPS) is 17.6. The van der Waals surface area contributed by atoms with E-state index in [0.717, 1.165) is 37.6 Å². The van der Waals surface area contributed by atoms with Crippen LogP contribution in [0.25, 0.3) is 0 Å². The summed E-state index contributed by atoms with van der Waals surface area (Å²) in [6, 6.07) is 6.80. The van der Waals surface area contributed by atoms with E-state index >= 15 is 0 Å². The third kappa shape index (κ3) is 3.21. The quantitative estimate of drug-likeness (QED) is 0.876. The lowest BCUT2D eigenvalue weighted by molar-refractivity contribution is 0.0776. The molecule has 0 spiro atoms. The summed E-state index contributed by atoms with van der Waals surface area (Å²) in [7, 11) is 0. The van der Waals surface area contributed by atoms with Gasteiger partial charge in [0.1, 0.15) is 0 Å². The molecule has 0 aliphatic carbocycles. The van der Waals surface area contributed by atoms with Crippen molar-refractivity contribution in [3.63, 3.8) is 0 Å². The smallest absolute Gasteiger partial charge is 0.0480 e. The maximum absolute atomic E-state index is 6.18. The Hall–Kier alpha value is -0.570. The van der Waals surface area contributed by atoms with Crippen LogP contribution in [-0.2, 0) is 11.3 Å². The van der Waals surface area contributed by atoms with Crippen LogP contribution < -0.4 is 5.32 Å². The lowest BCUT2D eigenvalue weighted by Gasteiger charge is -2.23. The number of hydrogen-bond donors (Lipinski definition) is 1. The maximum Gasteiger partial charge on any atom is 0.0480 e. The second-order valence-electron chi connectivity index (χ2n) is 4.36. The Bertz CT molecular complexity index is 348. The van der Waals surface area contributed by atoms with E-state index in [-0.39, 0.29) is 0 Å². The summed E-state index contributed by atoms with van der Waals surface area (Å²) in [6.45, 7) is 4.66. The Kier molecular flexibility index (Phi) is 4.22. The third-order valence-corrected chi connectivity index (χ3v) is 3.36. The molecule has 2 nitrogen and oxygen atoms in total. The van der Waals surface area contributed by atoms with Crippen molar-refractivity contribution in [2.24, 2.45) is 0 Å². The topological polar surface area (TPSA) is 21.3 Å². The van der Waals surface area contributed by atoms with E-state index in [1.54, 1.807) is 0 Å². The number of nitrogens with one attached hydrogen (secondary N) is 1. The van der Waals surface area contributed by atoms with Gasteiger partial charge in [-0.15, -0.1) is 0 Å². The molecular formula is C13H18ClNO. The Balaban J connectivity index is 1.88. The highest BCUT2D eigenvalue weighted by molar-refractivity contribution is 6.31. The third-order valence-electron chi connectivity index (χ3n) is 3.01. The first-order valence-corrected chi connectivity index (χ1v) is 6.19. The molecule has 1 saturated heterocycles. The molecule has 3 heteroatoms. The average molecular weight is 240 g/mol. The minimum atomic E-state index is 0.575. The predicted octanol–water partition coefficient (Wildman–Crippen LogP) is 2.92. The van der Waals surface area contributed by atoms with Gasteiger partial charge < -0.3 is 10.1 Å². The fourth-order valence-corrected chi connectivity index (χ4v) is 2.25. The van der Waals surface area contributed by atoms with E-state index < -0.39 is 0 Å². The Morgan fingerprint density at radius 2 is 2.12 bits per heavy atom. The molecule has 2 rings (SSSR count). The second-order valence-corrected chi connectivity index (χ2v) is 4.77. The molecule has 16 heavy (non-hydrogen) atoms. The fourth-order valence-electron chi connectivity index (χ4n) is 1.95. The number of ether oxygens (including phenoxy) is 1. The molecule has 1 aliphatic rings. The molecule has 1 heterocycles. The summed E-state index contributed by atoms with van der Waals surface area (Å²) in [6.07, 6.45) is 2.20. The van der Waals surface area contributed by atoms with Gasteiger partial charge in [-0.05, 0) is 37.0 Å². The van der Waals surface area contributed by atoms with Gasteiger partial charge >= 0.3 is 0 Å². The van der Waals surface area contributed by atoms with Crippen LogP contribution in [0.2, 0.25) is 5.02 Å². The molecule has 1 aromatic rings. The molecule has 1 aromatic carbocycles. The van der Waals surface area contributed by atoms with Crippen LogP contribution in [-0.4, -0.2) is 19.3 Å². The van der Waals surface area contributed by atoms with Gasteiger partial charge in [-0.25, -0.2) is 0 Å². The molecule has 88 valence electrons. The molecule has 0 saturated carbocycles. The van der Waals surface area contributed by atoms with Crippen LogP contribution in [0.5, 0.6) is 0 Å². The highest BCUT2D eigenvalue weighted by Crippen LogP contribution is 2.18. The standard InChI is InChI=1S/C13H18ClNO/c1-10-2-3-11(13(14)8-10)9-15-12-4-6-16-7-5-12/h2-3,8,12,15H,4-7,9H2,1H3. The maximum atomic E-state index is 6.18. The molecule has 0 radical (unpaired) electrons. The van der Waals surface area contributed by atoms with Crippen molar-refractivity contribution < 1.29 is 4.74 Å². The first-order valence-electron chi connectivity index (χ1n) is 5.82. The number of benzene rings is 1. The molecule has 0 aromatic heterocycles. The Labute approximate surface area is 102 Å². The SMILES string of the molecule is Cc1ccc(CNC2CCOCC2)c(Cl)c1. The fraction of sp³-hybridized carbons (Fsp3) is 0.538. The number of hydrogen-bond acceptors (Lipinski definition) is 2. The zero-order valence-electron chi connectivity index (χ0n) is 9.63. The number of aryl methyl sites for hydroxylation is 1. The minimum Gasteiger partial charge on any atom is -0.381 e. The van der Waals surface area contributed by atoms with Gasteiger partial charge in [-0.3, -0.25) is 0 Å². The number of rotatable bonds is 3. The van der Waals surface area contributed by atoms with Gasteiger partial charge in [0.25, 0.3) is 0 Å². The predicted molar refractivity (Wildman–Crippen MR) is 66.9 cm³/mol. The minimum absolute atomic E-state index is 0.575. The van der Waals surface area contributed by atoms with Gasteiger partial charge in [-0.2, -0.15) is 0 Å². The molecule has 1 N–H and O–H groups in total. The van der Waals surface area contributed by atoms with Crippen molar-refractivity contribution in [1.82, 2.24) is 5.32 Å². The summed E-state index contributed by atoms with van der Waals surface area (Å²) in [5.74, 6) is 0. The first-order chi connectivity index (χ1) is 7.75. The molecular weight excluding hydrogens is 222 g/mol. The highest BCUT2D eigenvalue weighted by Gasteiger charge is 2.13. The van der Waals surface area contributed by atoms with Crippen molar-refractivity contribution in [2.75, 3.05) is 13.2 Å². The van der Waals surface area contributed by atoms with Crippen LogP contribution in [0.1, 0.15) is 24.0 Å². The molecule has 1 fully saturated rings. The summed E-state index contributed by atoms with van der Waals surface area (Å²) in [5.41, 5.74) is 2.39. The van der Waals surface area contributed by atoms with Gasteiger partial charge in [-0.1, -0.05) is 23.7 Å². The lowest BCUT2D eigenvalue weighted by atomic mass is 10.1. The van der Waals surface area contributed by atoms with Crippen LogP contribution in [0.3, 0.4) is 0 Å². The van der Waals surface area contributed by atoms with Crippen LogP contribution >= 0.6 is 11.6 Å². The first kappa shape index (κ1) is 11.9. The van der Waals surface area contributed by atoms with Crippen molar-refractivity contribution in [1.29, 1.82) is 0 Å². The van der Waals surface area contributed by atoms with Crippen LogP contribution in [0, 0.1) is 6.92 Å². The van der Waals surface area contributed by atoms with E-state index in [9.17, 15) is 0 Å². The largest absolute Gasteiger partial charge is 0.381 e. The Morgan fingerprint density at radius 3 is 2.81 bits per heavy atom. The molecule has 0 unspecified atom stereocenters. The molecule has 0 amide bonds. The zero-order chi connectivity index (χ0) is 11.4. The second kappa shape index (κ2) is 5.67. The van der Waals surface area contributed by atoms with E-state index in [2.05, 4.69) is 24.4 Å². The molecule has 0 bridgehead atoms. The summed E-state index contributed by atoms with van der Waals surface area (Å²) >= 11 is 6.18. The summed E-state index contributed by atoms with van der Waals surface area (Å²) in [4.78, 5) is 0. The zero-order valence-corrected chi connectivity index (χ0v) is 10.4. The van der Waals surface area contributed by atoms with Crippen molar-refractivity contribution >= 4 is 11.6 Å². The lowest BCUT2D eigenvalue weighted by Crippen LogP contribution is -2.34. The van der Waals surface area contributed by atoms with E-state index in [1.807, 2.05) is 6.07 Å². The summed E-state index contributed by atoms with van der Waals surface area (Å²) < 4.78 is 5.33. The van der Waals surface area contributed by atoms with Gasteiger partial charge in [0, 0.05) is 30.8 Å². The van der Waals surface area contributed by atoms with Gasteiger partial charge in [0.2, 0.25) is 0 Å². The Morgan fingerprint density at radius 1 is 1.38 bits per heavy atom. The molecule has 1 aliphatic heterocycles. The van der Waals surface area contributed by atoms with Crippen molar-refractivity contribution in [3.8, 4) is 0 Å². The van der Waals surface area contributed by atoms with Crippen LogP contribution in [0.4, 0.5) is 0 Å². The highest BCUT2D eigenvalue weighted by atomic mass is 35.5. The monoisotopic (exact) mass is 239 g/mol. The number of halogens is 1. The van der Waals surface area contributed by atoms with E-state index in [4.69, 9.17) is 16.3 Å². The van der Waals surface area contributed by atoms with Crippen molar-refractivity contribution in [2.45, 2.75) is 32.4 Å².